The summed E-state index contributed by atoms with van der Waals surface area (Å²) in [5, 5.41) is 0. The van der Waals surface area contributed by atoms with E-state index in [4.69, 9.17) is 11.0 Å². The summed E-state index contributed by atoms with van der Waals surface area (Å²) in [4.78, 5) is 0. The lowest BCUT2D eigenvalue weighted by molar-refractivity contribution is 1.54. The molecule has 0 unspecified atom stereocenters. The molecule has 0 heterocycles. The van der Waals surface area contributed by atoms with Crippen LogP contribution in [-0.2, 0) is 0 Å². The predicted octanol–water partition coefficient (Wildman–Crippen LogP) is 8.35. The van der Waals surface area contributed by atoms with Crippen molar-refractivity contribution in [3.63, 3.8) is 0 Å². The molecule has 0 aliphatic carbocycles. The van der Waals surface area contributed by atoms with Gasteiger partial charge in [0.05, 0.1) is 13.7 Å². The second-order valence-electron chi connectivity index (χ2n) is 6.51. The van der Waals surface area contributed by atoms with Crippen LogP contribution in [0.4, 0.5) is 0 Å². The quantitative estimate of drug-likeness (QED) is 0.288. The second-order valence-corrected chi connectivity index (χ2v) is 6.51. The molecule has 142 valence electrons. The maximum atomic E-state index is 9.51. The first-order chi connectivity index (χ1) is 19.0. The Morgan fingerprint density at radius 2 is 0.500 bits per heavy atom. The van der Waals surface area contributed by atoms with E-state index in [0.717, 1.165) is 0 Å². The molecule has 0 N–H and O–H groups in total. The summed E-state index contributed by atoms with van der Waals surface area (Å²) >= 11 is 0. The second kappa shape index (κ2) is 8.23. The van der Waals surface area contributed by atoms with E-state index in [0.29, 0.717) is 0 Å². The minimum absolute atomic E-state index is 0.00528. The van der Waals surface area contributed by atoms with Gasteiger partial charge in [-0.1, -0.05) is 121 Å². The van der Waals surface area contributed by atoms with Crippen LogP contribution in [0.2, 0.25) is 0 Å². The lowest BCUT2D eigenvalue weighted by Gasteiger charge is -2.18. The molecule has 0 spiro atoms. The summed E-state index contributed by atoms with van der Waals surface area (Å²) in [6.07, 6.45) is 0. The van der Waals surface area contributed by atoms with Crippen molar-refractivity contribution in [2.45, 2.75) is 0 Å². The van der Waals surface area contributed by atoms with Crippen LogP contribution in [0.1, 0.15) is 13.7 Å². The SMILES string of the molecule is [2H]c1cccc([2H])c1-c1c([2H])c(-c2c([2H])cccc2[2H])c(-c2c([2H])cccc2[2H])c([2H])c1-c1c([2H])cccc1[2H]. The van der Waals surface area contributed by atoms with Crippen LogP contribution < -0.4 is 0 Å². The van der Waals surface area contributed by atoms with Crippen molar-refractivity contribution >= 4 is 0 Å². The summed E-state index contributed by atoms with van der Waals surface area (Å²) in [7, 11) is 0. The van der Waals surface area contributed by atoms with Gasteiger partial charge in [0.15, 0.2) is 0 Å². The van der Waals surface area contributed by atoms with E-state index >= 15 is 0 Å². The van der Waals surface area contributed by atoms with Crippen molar-refractivity contribution in [1.82, 2.24) is 0 Å². The molecule has 0 bridgehead atoms. The monoisotopic (exact) mass is 392 g/mol. The van der Waals surface area contributed by atoms with Gasteiger partial charge in [-0.25, -0.2) is 0 Å². The van der Waals surface area contributed by atoms with Crippen LogP contribution in [0.15, 0.2) is 133 Å². The Hall–Kier alpha value is -3.90. The summed E-state index contributed by atoms with van der Waals surface area (Å²) in [5.74, 6) is 0. The molecule has 5 aromatic rings. The van der Waals surface area contributed by atoms with Crippen LogP contribution >= 0.6 is 0 Å². The van der Waals surface area contributed by atoms with Crippen molar-refractivity contribution in [1.29, 1.82) is 0 Å². The lowest BCUT2D eigenvalue weighted by Crippen LogP contribution is -1.92. The molecule has 5 aromatic carbocycles. The van der Waals surface area contributed by atoms with Crippen molar-refractivity contribution in [2.75, 3.05) is 0 Å². The Balaban J connectivity index is 2.15. The molecule has 0 heteroatoms. The molecule has 0 nitrogen and oxygen atoms in total. The molecule has 0 amide bonds. The molecule has 0 atom stereocenters. The summed E-state index contributed by atoms with van der Waals surface area (Å²) in [5.41, 5.74) is -0.186. The Kier molecular flexibility index (Phi) is 2.80. The maximum absolute atomic E-state index is 9.51. The normalized spacial score (nSPS) is 15.3. The summed E-state index contributed by atoms with van der Waals surface area (Å²) in [6, 6.07) is 16.1. The first-order valence-electron chi connectivity index (χ1n) is 14.5. The van der Waals surface area contributed by atoms with Crippen molar-refractivity contribution < 1.29 is 13.7 Å². The van der Waals surface area contributed by atoms with E-state index < -0.39 is 0 Å². The average molecular weight is 393 g/mol. The first kappa shape index (κ1) is 10.2. The standard InChI is InChI=1S/C30H22/c1-5-13-23(14-6-1)27-21-29(25-17-9-3-10-18-25)30(26-19-11-4-12-20-26)22-28(27)24-15-7-2-8-16-24/h1-22H/i13D,14D,15D,16D,17D,18D,19D,20D,21D,22D. The molecule has 0 fully saturated rings. The van der Waals surface area contributed by atoms with Gasteiger partial charge >= 0.3 is 0 Å². The maximum Gasteiger partial charge on any atom is 0.0636 e. The van der Waals surface area contributed by atoms with E-state index in [1.165, 1.54) is 72.8 Å². The predicted molar refractivity (Wildman–Crippen MR) is 128 cm³/mol. The summed E-state index contributed by atoms with van der Waals surface area (Å²) in [6.45, 7) is 0. The zero-order chi connectivity index (χ0) is 28.9. The minimum atomic E-state index is -0.326. The molecule has 0 aromatic heterocycles. The molecule has 0 saturated carbocycles. The Morgan fingerprint density at radius 1 is 0.300 bits per heavy atom. The lowest BCUT2D eigenvalue weighted by atomic mass is 9.86. The largest absolute Gasteiger partial charge is 0.0636 e. The fraction of sp³-hybridized carbons (Fsp3) is 0. The molecule has 5 rings (SSSR count). The van der Waals surface area contributed by atoms with Gasteiger partial charge in [-0.15, -0.1) is 0 Å². The van der Waals surface area contributed by atoms with E-state index in [-0.39, 0.29) is 105 Å². The molecule has 0 radical (unpaired) electrons. The Morgan fingerprint density at radius 3 is 0.700 bits per heavy atom. The van der Waals surface area contributed by atoms with Gasteiger partial charge in [-0.2, -0.15) is 0 Å². The topological polar surface area (TPSA) is 0 Å². The van der Waals surface area contributed by atoms with Gasteiger partial charge < -0.3 is 0 Å². The molecular weight excluding hydrogens is 360 g/mol. The zero-order valence-electron chi connectivity index (χ0n) is 25.9. The van der Waals surface area contributed by atoms with Crippen LogP contribution in [0.5, 0.6) is 0 Å². The molecule has 0 saturated heterocycles. The number of hydrogen-bond acceptors (Lipinski definition) is 0. The number of hydrogen-bond donors (Lipinski definition) is 0. The van der Waals surface area contributed by atoms with E-state index in [1.807, 2.05) is 0 Å². The van der Waals surface area contributed by atoms with Crippen molar-refractivity contribution in [2.24, 2.45) is 0 Å². The number of rotatable bonds is 4. The molecule has 0 aliphatic heterocycles. The van der Waals surface area contributed by atoms with E-state index in [9.17, 15) is 2.74 Å². The zero-order valence-corrected chi connectivity index (χ0v) is 15.9. The van der Waals surface area contributed by atoms with Gasteiger partial charge in [0.1, 0.15) is 0 Å². The first-order valence-corrected chi connectivity index (χ1v) is 9.48. The van der Waals surface area contributed by atoms with Gasteiger partial charge in [0.25, 0.3) is 0 Å². The van der Waals surface area contributed by atoms with E-state index in [1.54, 1.807) is 0 Å². The van der Waals surface area contributed by atoms with Crippen molar-refractivity contribution in [3.8, 4) is 44.5 Å². The Bertz CT molecular complexity index is 1470. The highest BCUT2D eigenvalue weighted by Crippen LogP contribution is 2.41. The smallest absolute Gasteiger partial charge is 0.0622 e. The van der Waals surface area contributed by atoms with Crippen molar-refractivity contribution in [3.05, 3.63) is 133 Å². The van der Waals surface area contributed by atoms with Gasteiger partial charge in [-0.3, -0.25) is 0 Å². The van der Waals surface area contributed by atoms with Crippen LogP contribution in [0.3, 0.4) is 0 Å². The van der Waals surface area contributed by atoms with Gasteiger partial charge in [0.2, 0.25) is 0 Å². The van der Waals surface area contributed by atoms with Crippen LogP contribution in [0, 0.1) is 0 Å². The highest BCUT2D eigenvalue weighted by atomic mass is 14.2. The molecular formula is C30H22. The Labute approximate surface area is 192 Å². The summed E-state index contributed by atoms with van der Waals surface area (Å²) < 4.78 is 88.1. The van der Waals surface area contributed by atoms with Crippen LogP contribution in [-0.4, -0.2) is 0 Å². The third kappa shape index (κ3) is 3.56. The third-order valence-corrected chi connectivity index (χ3v) is 4.59. The fourth-order valence-electron chi connectivity index (χ4n) is 3.24. The third-order valence-electron chi connectivity index (χ3n) is 4.59. The van der Waals surface area contributed by atoms with Crippen LogP contribution in [0.25, 0.3) is 44.5 Å². The van der Waals surface area contributed by atoms with Gasteiger partial charge in [-0.05, 0) is 56.6 Å². The fourth-order valence-corrected chi connectivity index (χ4v) is 3.24. The van der Waals surface area contributed by atoms with Gasteiger partial charge in [0, 0.05) is 0 Å². The highest BCUT2D eigenvalue weighted by Gasteiger charge is 2.15. The minimum Gasteiger partial charge on any atom is -0.0622 e. The highest BCUT2D eigenvalue weighted by molar-refractivity contribution is 5.95. The average Bonchev–Trinajstić information content (AvgIpc) is 2.88. The van der Waals surface area contributed by atoms with E-state index in [2.05, 4.69) is 0 Å². The molecule has 30 heavy (non-hydrogen) atoms. The molecule has 0 aliphatic rings. The number of benzene rings is 5.